The van der Waals surface area contributed by atoms with E-state index in [1.54, 1.807) is 0 Å². The normalized spacial score (nSPS) is 26.0. The molecule has 1 aliphatic carbocycles. The first-order chi connectivity index (χ1) is 6.35. The molecule has 1 aromatic carbocycles. The summed E-state index contributed by atoms with van der Waals surface area (Å²) < 4.78 is 0. The van der Waals surface area contributed by atoms with Gasteiger partial charge in [0.2, 0.25) is 0 Å². The first kappa shape index (κ1) is 8.73. The Hall–Kier alpha value is -0.860. The van der Waals surface area contributed by atoms with Gasteiger partial charge in [-0.2, -0.15) is 0 Å². The van der Waals surface area contributed by atoms with Gasteiger partial charge in [-0.15, -0.1) is 0 Å². The number of hydrogen-bond donors (Lipinski definition) is 2. The molecule has 13 heavy (non-hydrogen) atoms. The molecular weight excluding hydrogens is 164 g/mol. The van der Waals surface area contributed by atoms with E-state index < -0.39 is 0 Å². The molecule has 2 nitrogen and oxygen atoms in total. The molecule has 70 valence electrons. The van der Waals surface area contributed by atoms with Crippen molar-refractivity contribution in [3.8, 4) is 0 Å². The molecule has 2 N–H and O–H groups in total. The van der Waals surface area contributed by atoms with E-state index in [1.807, 2.05) is 24.3 Å². The Morgan fingerprint density at radius 2 is 1.85 bits per heavy atom. The van der Waals surface area contributed by atoms with E-state index in [9.17, 15) is 0 Å². The molecule has 2 rings (SSSR count). The van der Waals surface area contributed by atoms with Crippen LogP contribution < -0.4 is 0 Å². The predicted octanol–water partition coefficient (Wildman–Crippen LogP) is 1.27. The Kier molecular flexibility index (Phi) is 2.34. The summed E-state index contributed by atoms with van der Waals surface area (Å²) in [6.07, 6.45) is 1.11. The molecule has 1 aromatic rings. The molecule has 1 aliphatic rings. The van der Waals surface area contributed by atoms with Crippen molar-refractivity contribution in [2.24, 2.45) is 5.92 Å². The maximum atomic E-state index is 8.90. The van der Waals surface area contributed by atoms with Gasteiger partial charge in [0, 0.05) is 6.61 Å². The fourth-order valence-corrected chi connectivity index (χ4v) is 1.73. The molecule has 0 saturated heterocycles. The fourth-order valence-electron chi connectivity index (χ4n) is 1.73. The van der Waals surface area contributed by atoms with Gasteiger partial charge in [0.05, 0.1) is 6.61 Å². The Morgan fingerprint density at radius 1 is 1.15 bits per heavy atom. The third-order valence-electron chi connectivity index (χ3n) is 2.75. The number of aliphatic hydroxyl groups excluding tert-OH is 2. The van der Waals surface area contributed by atoms with Crippen LogP contribution in [0.25, 0.3) is 0 Å². The summed E-state index contributed by atoms with van der Waals surface area (Å²) in [6.45, 7) is 0.404. The average Bonchev–Trinajstić information content (AvgIpc) is 2.97. The maximum Gasteiger partial charge on any atom is 0.0681 e. The lowest BCUT2D eigenvalue weighted by atomic mass is 10.1. The largest absolute Gasteiger partial charge is 0.396 e. The van der Waals surface area contributed by atoms with Crippen molar-refractivity contribution in [2.45, 2.75) is 18.9 Å². The summed E-state index contributed by atoms with van der Waals surface area (Å²) in [5, 5.41) is 17.7. The number of benzene rings is 1. The highest BCUT2D eigenvalue weighted by molar-refractivity contribution is 5.29. The Morgan fingerprint density at radius 3 is 2.31 bits per heavy atom. The Balaban J connectivity index is 2.07. The molecule has 2 unspecified atom stereocenters. The Bertz CT molecular complexity index is 279. The minimum absolute atomic E-state index is 0.106. The van der Waals surface area contributed by atoms with Gasteiger partial charge in [-0.1, -0.05) is 24.3 Å². The average molecular weight is 178 g/mol. The zero-order chi connectivity index (χ0) is 9.26. The van der Waals surface area contributed by atoms with Gasteiger partial charge in [0.25, 0.3) is 0 Å². The zero-order valence-corrected chi connectivity index (χ0v) is 7.48. The molecule has 2 heteroatoms. The van der Waals surface area contributed by atoms with Crippen LogP contribution in [0.4, 0.5) is 0 Å². The summed E-state index contributed by atoms with van der Waals surface area (Å²) in [7, 11) is 0. The second kappa shape index (κ2) is 3.48. The highest BCUT2D eigenvalue weighted by Gasteiger charge is 2.37. The third-order valence-corrected chi connectivity index (χ3v) is 2.75. The molecule has 0 aromatic heterocycles. The van der Waals surface area contributed by atoms with E-state index >= 15 is 0 Å². The minimum Gasteiger partial charge on any atom is -0.396 e. The van der Waals surface area contributed by atoms with Crippen molar-refractivity contribution < 1.29 is 10.2 Å². The topological polar surface area (TPSA) is 40.5 Å². The van der Waals surface area contributed by atoms with Crippen LogP contribution in [0.2, 0.25) is 0 Å². The summed E-state index contributed by atoms with van der Waals surface area (Å²) in [5.41, 5.74) is 2.24. The third kappa shape index (κ3) is 1.74. The van der Waals surface area contributed by atoms with Gasteiger partial charge in [-0.25, -0.2) is 0 Å². The van der Waals surface area contributed by atoms with Crippen molar-refractivity contribution in [3.63, 3.8) is 0 Å². The van der Waals surface area contributed by atoms with Crippen molar-refractivity contribution in [1.82, 2.24) is 0 Å². The highest BCUT2D eigenvalue weighted by atomic mass is 16.3. The van der Waals surface area contributed by atoms with Gasteiger partial charge in [-0.3, -0.25) is 0 Å². The fraction of sp³-hybridized carbons (Fsp3) is 0.455. The minimum atomic E-state index is 0.106. The summed E-state index contributed by atoms with van der Waals surface area (Å²) in [5.74, 6) is 1.03. The van der Waals surface area contributed by atoms with E-state index in [-0.39, 0.29) is 6.61 Å². The molecule has 1 saturated carbocycles. The molecule has 0 amide bonds. The van der Waals surface area contributed by atoms with Crippen molar-refractivity contribution in [2.75, 3.05) is 6.61 Å². The van der Waals surface area contributed by atoms with Crippen LogP contribution in [0.1, 0.15) is 23.5 Å². The van der Waals surface area contributed by atoms with Crippen molar-refractivity contribution in [3.05, 3.63) is 35.4 Å². The second-order valence-corrected chi connectivity index (χ2v) is 3.68. The molecule has 0 radical (unpaired) electrons. The molecule has 1 fully saturated rings. The maximum absolute atomic E-state index is 8.90. The van der Waals surface area contributed by atoms with Crippen molar-refractivity contribution in [1.29, 1.82) is 0 Å². The lowest BCUT2D eigenvalue weighted by Gasteiger charge is -2.00. The smallest absolute Gasteiger partial charge is 0.0681 e. The SMILES string of the molecule is OCc1ccc(C2CC2CO)cc1. The molecule has 2 atom stereocenters. The second-order valence-electron chi connectivity index (χ2n) is 3.68. The van der Waals surface area contributed by atoms with E-state index in [0.29, 0.717) is 18.4 Å². The van der Waals surface area contributed by atoms with E-state index in [2.05, 4.69) is 0 Å². The van der Waals surface area contributed by atoms with Gasteiger partial charge in [0.1, 0.15) is 0 Å². The molecular formula is C11H14O2. The number of hydrogen-bond acceptors (Lipinski definition) is 2. The molecule has 0 aliphatic heterocycles. The van der Waals surface area contributed by atoms with Crippen LogP contribution in [-0.2, 0) is 6.61 Å². The predicted molar refractivity (Wildman–Crippen MR) is 50.3 cm³/mol. The van der Waals surface area contributed by atoms with E-state index in [4.69, 9.17) is 10.2 Å². The van der Waals surface area contributed by atoms with Crippen LogP contribution in [-0.4, -0.2) is 16.8 Å². The van der Waals surface area contributed by atoms with E-state index in [1.165, 1.54) is 5.56 Å². The van der Waals surface area contributed by atoms with Crippen molar-refractivity contribution >= 4 is 0 Å². The monoisotopic (exact) mass is 178 g/mol. The summed E-state index contributed by atoms with van der Waals surface area (Å²) >= 11 is 0. The van der Waals surface area contributed by atoms with Crippen LogP contribution in [0.3, 0.4) is 0 Å². The first-order valence-corrected chi connectivity index (χ1v) is 4.65. The van der Waals surface area contributed by atoms with E-state index in [0.717, 1.165) is 12.0 Å². The van der Waals surface area contributed by atoms with Gasteiger partial charge in [-0.05, 0) is 29.4 Å². The number of rotatable bonds is 3. The summed E-state index contributed by atoms with van der Waals surface area (Å²) in [6, 6.07) is 7.99. The van der Waals surface area contributed by atoms with Crippen LogP contribution in [0.5, 0.6) is 0 Å². The Labute approximate surface area is 77.8 Å². The van der Waals surface area contributed by atoms with Crippen LogP contribution in [0.15, 0.2) is 24.3 Å². The first-order valence-electron chi connectivity index (χ1n) is 4.65. The molecule has 0 heterocycles. The van der Waals surface area contributed by atoms with Crippen LogP contribution >= 0.6 is 0 Å². The quantitative estimate of drug-likeness (QED) is 0.732. The highest BCUT2D eigenvalue weighted by Crippen LogP contribution is 2.46. The lowest BCUT2D eigenvalue weighted by molar-refractivity contribution is 0.274. The van der Waals surface area contributed by atoms with Gasteiger partial charge < -0.3 is 10.2 Å². The summed E-state index contributed by atoms with van der Waals surface area (Å²) in [4.78, 5) is 0. The molecule has 0 bridgehead atoms. The van der Waals surface area contributed by atoms with Crippen LogP contribution in [0, 0.1) is 5.92 Å². The standard InChI is InChI=1S/C11H14O2/c12-6-8-1-3-9(4-2-8)11-5-10(11)7-13/h1-4,10-13H,5-7H2. The lowest BCUT2D eigenvalue weighted by Crippen LogP contribution is -1.89. The van der Waals surface area contributed by atoms with Gasteiger partial charge in [0.15, 0.2) is 0 Å². The van der Waals surface area contributed by atoms with Gasteiger partial charge >= 0.3 is 0 Å². The number of aliphatic hydroxyl groups is 2. The zero-order valence-electron chi connectivity index (χ0n) is 7.48. The molecule has 0 spiro atoms.